The van der Waals surface area contributed by atoms with Crippen LogP contribution in [0.4, 0.5) is 5.69 Å². The quantitative estimate of drug-likeness (QED) is 0.724. The normalized spacial score (nSPS) is 19.9. The maximum Gasteiger partial charge on any atom is 0.307 e. The molecule has 2 rings (SSSR count). The van der Waals surface area contributed by atoms with Gasteiger partial charge in [0, 0.05) is 6.54 Å². The summed E-state index contributed by atoms with van der Waals surface area (Å²) < 4.78 is 0. The van der Waals surface area contributed by atoms with Crippen LogP contribution in [-0.4, -0.2) is 29.4 Å². The molecule has 0 heterocycles. The molecule has 0 aromatic heterocycles. The second kappa shape index (κ2) is 7.58. The van der Waals surface area contributed by atoms with Gasteiger partial charge < -0.3 is 15.7 Å². The predicted molar refractivity (Wildman–Crippen MR) is 86.1 cm³/mol. The number of carbonyl (C=O) groups is 3. The summed E-state index contributed by atoms with van der Waals surface area (Å²) in [6.07, 6.45) is 4.32. The number of rotatable bonds is 5. The van der Waals surface area contributed by atoms with E-state index in [1.807, 2.05) is 13.0 Å². The van der Waals surface area contributed by atoms with Crippen LogP contribution < -0.4 is 10.6 Å². The number of benzene rings is 1. The van der Waals surface area contributed by atoms with Crippen molar-refractivity contribution >= 4 is 23.5 Å². The maximum absolute atomic E-state index is 12.5. The first kappa shape index (κ1) is 16.7. The molecule has 0 saturated heterocycles. The number of aliphatic carboxylic acids is 1. The average Bonchev–Trinajstić information content (AvgIpc) is 2.55. The number of amides is 2. The Kier molecular flexibility index (Phi) is 5.51. The monoisotopic (exact) mass is 316 g/mol. The molecule has 6 nitrogen and oxygen atoms in total. The fourth-order valence-electron chi connectivity index (χ4n) is 2.65. The number of allylic oxidation sites excluding steroid dienone is 2. The van der Waals surface area contributed by atoms with Gasteiger partial charge in [-0.3, -0.25) is 14.4 Å². The fraction of sp³-hybridized carbons (Fsp3) is 0.353. The molecular formula is C17H20N2O4. The highest BCUT2D eigenvalue weighted by atomic mass is 16.4. The number of nitrogens with one attached hydrogen (secondary N) is 2. The number of carbonyl (C=O) groups excluding carboxylic acids is 2. The molecule has 2 amide bonds. The molecule has 2 atom stereocenters. The smallest absolute Gasteiger partial charge is 0.307 e. The van der Waals surface area contributed by atoms with Crippen molar-refractivity contribution in [2.75, 3.05) is 11.9 Å². The third kappa shape index (κ3) is 3.97. The number of carboxylic acids is 1. The van der Waals surface area contributed by atoms with Gasteiger partial charge in [0.15, 0.2) is 0 Å². The van der Waals surface area contributed by atoms with E-state index in [4.69, 9.17) is 0 Å². The second-order valence-electron chi connectivity index (χ2n) is 5.39. The van der Waals surface area contributed by atoms with Crippen molar-refractivity contribution in [2.45, 2.75) is 19.8 Å². The van der Waals surface area contributed by atoms with E-state index in [9.17, 15) is 19.5 Å². The summed E-state index contributed by atoms with van der Waals surface area (Å²) in [5, 5.41) is 14.7. The van der Waals surface area contributed by atoms with Crippen molar-refractivity contribution in [2.24, 2.45) is 11.8 Å². The van der Waals surface area contributed by atoms with E-state index < -0.39 is 17.8 Å². The van der Waals surface area contributed by atoms with Crippen molar-refractivity contribution in [3.05, 3.63) is 42.0 Å². The summed E-state index contributed by atoms with van der Waals surface area (Å²) in [4.78, 5) is 35.8. The summed E-state index contributed by atoms with van der Waals surface area (Å²) in [6.45, 7) is 2.29. The number of para-hydroxylation sites is 1. The van der Waals surface area contributed by atoms with E-state index in [0.29, 0.717) is 30.6 Å². The first-order valence-corrected chi connectivity index (χ1v) is 7.60. The van der Waals surface area contributed by atoms with E-state index in [0.717, 1.165) is 0 Å². The van der Waals surface area contributed by atoms with E-state index >= 15 is 0 Å². The zero-order chi connectivity index (χ0) is 16.8. The zero-order valence-corrected chi connectivity index (χ0v) is 12.9. The zero-order valence-electron chi connectivity index (χ0n) is 12.9. The Balaban J connectivity index is 2.18. The van der Waals surface area contributed by atoms with Gasteiger partial charge in [0.1, 0.15) is 0 Å². The number of carboxylic acid groups (broad SMARTS) is 1. The Hall–Kier alpha value is -2.63. The van der Waals surface area contributed by atoms with Crippen molar-refractivity contribution in [1.29, 1.82) is 0 Å². The first-order chi connectivity index (χ1) is 11.0. The summed E-state index contributed by atoms with van der Waals surface area (Å²) in [6, 6.07) is 6.68. The lowest BCUT2D eigenvalue weighted by molar-refractivity contribution is -0.146. The van der Waals surface area contributed by atoms with E-state index in [1.165, 1.54) is 0 Å². The van der Waals surface area contributed by atoms with E-state index in [-0.39, 0.29) is 11.8 Å². The third-order valence-electron chi connectivity index (χ3n) is 3.85. The molecule has 6 heteroatoms. The van der Waals surface area contributed by atoms with Gasteiger partial charge in [0.25, 0.3) is 5.91 Å². The topological polar surface area (TPSA) is 95.5 Å². The number of hydrogen-bond acceptors (Lipinski definition) is 3. The van der Waals surface area contributed by atoms with Crippen molar-refractivity contribution in [1.82, 2.24) is 5.32 Å². The van der Waals surface area contributed by atoms with Crippen molar-refractivity contribution in [3.63, 3.8) is 0 Å². The van der Waals surface area contributed by atoms with Crippen LogP contribution in [0.25, 0.3) is 0 Å². The maximum atomic E-state index is 12.5. The van der Waals surface area contributed by atoms with Gasteiger partial charge in [-0.2, -0.15) is 0 Å². The highest BCUT2D eigenvalue weighted by Gasteiger charge is 2.34. The minimum atomic E-state index is -0.980. The van der Waals surface area contributed by atoms with E-state index in [2.05, 4.69) is 10.6 Å². The molecule has 1 aliphatic carbocycles. The molecule has 2 unspecified atom stereocenters. The molecule has 122 valence electrons. The van der Waals surface area contributed by atoms with Crippen LogP contribution in [-0.2, 0) is 9.59 Å². The van der Waals surface area contributed by atoms with Gasteiger partial charge in [-0.1, -0.05) is 24.3 Å². The van der Waals surface area contributed by atoms with Gasteiger partial charge in [0.2, 0.25) is 5.91 Å². The standard InChI is InChI=1S/C17H20N2O4/c1-2-18-15(20)13-9-5-6-10-14(13)19-16(21)11-7-3-4-8-12(11)17(22)23/h3-6,9-12H,2,7-8H2,1H3,(H,18,20)(H,19,21)(H,22,23). The van der Waals surface area contributed by atoms with Crippen LogP contribution in [0.3, 0.4) is 0 Å². The summed E-state index contributed by atoms with van der Waals surface area (Å²) >= 11 is 0. The van der Waals surface area contributed by atoms with Gasteiger partial charge >= 0.3 is 5.97 Å². The molecule has 0 bridgehead atoms. The van der Waals surface area contributed by atoms with Crippen molar-refractivity contribution < 1.29 is 19.5 Å². The Morgan fingerprint density at radius 1 is 1.13 bits per heavy atom. The third-order valence-corrected chi connectivity index (χ3v) is 3.85. The van der Waals surface area contributed by atoms with Gasteiger partial charge in [-0.05, 0) is 31.9 Å². The Labute approximate surface area is 134 Å². The van der Waals surface area contributed by atoms with Crippen LogP contribution in [0, 0.1) is 11.8 Å². The Morgan fingerprint density at radius 3 is 2.43 bits per heavy atom. The summed E-state index contributed by atoms with van der Waals surface area (Å²) in [7, 11) is 0. The molecule has 23 heavy (non-hydrogen) atoms. The minimum Gasteiger partial charge on any atom is -0.481 e. The van der Waals surface area contributed by atoms with Crippen LogP contribution in [0.2, 0.25) is 0 Å². The minimum absolute atomic E-state index is 0.276. The highest BCUT2D eigenvalue weighted by molar-refractivity contribution is 6.04. The van der Waals surface area contributed by atoms with Gasteiger partial charge in [0.05, 0.1) is 23.1 Å². The fourth-order valence-corrected chi connectivity index (χ4v) is 2.65. The molecule has 1 aromatic carbocycles. The molecule has 1 aliphatic rings. The molecule has 1 aromatic rings. The number of anilines is 1. The average molecular weight is 316 g/mol. The van der Waals surface area contributed by atoms with Crippen LogP contribution in [0.5, 0.6) is 0 Å². The van der Waals surface area contributed by atoms with Crippen LogP contribution in [0.1, 0.15) is 30.1 Å². The molecule has 0 spiro atoms. The van der Waals surface area contributed by atoms with Gasteiger partial charge in [-0.15, -0.1) is 0 Å². The molecule has 0 fully saturated rings. The first-order valence-electron chi connectivity index (χ1n) is 7.60. The second-order valence-corrected chi connectivity index (χ2v) is 5.39. The molecule has 3 N–H and O–H groups in total. The lowest BCUT2D eigenvalue weighted by Gasteiger charge is -2.24. The SMILES string of the molecule is CCNC(=O)c1ccccc1NC(=O)C1CC=CCC1C(=O)O. The molecule has 0 saturated carbocycles. The lowest BCUT2D eigenvalue weighted by Crippen LogP contribution is -2.35. The molecule has 0 radical (unpaired) electrons. The lowest BCUT2D eigenvalue weighted by atomic mass is 9.82. The van der Waals surface area contributed by atoms with Crippen LogP contribution >= 0.6 is 0 Å². The van der Waals surface area contributed by atoms with Crippen LogP contribution in [0.15, 0.2) is 36.4 Å². The molecular weight excluding hydrogens is 296 g/mol. The van der Waals surface area contributed by atoms with Crippen molar-refractivity contribution in [3.8, 4) is 0 Å². The number of hydrogen-bond donors (Lipinski definition) is 3. The molecule has 0 aliphatic heterocycles. The summed E-state index contributed by atoms with van der Waals surface area (Å²) in [5.74, 6) is -3.01. The highest BCUT2D eigenvalue weighted by Crippen LogP contribution is 2.27. The Morgan fingerprint density at radius 2 is 1.78 bits per heavy atom. The Bertz CT molecular complexity index is 639. The summed E-state index contributed by atoms with van der Waals surface area (Å²) in [5.41, 5.74) is 0.753. The van der Waals surface area contributed by atoms with E-state index in [1.54, 1.807) is 30.3 Å². The van der Waals surface area contributed by atoms with Gasteiger partial charge in [-0.25, -0.2) is 0 Å². The predicted octanol–water partition coefficient (Wildman–Crippen LogP) is 2.04. The largest absolute Gasteiger partial charge is 0.481 e.